The number of aryl methyl sites for hydroxylation is 1. The fraction of sp³-hybridized carbons (Fsp3) is 0.154. The molecule has 0 radical (unpaired) electrons. The molecule has 1 amide bonds. The number of thioether (sulfide) groups is 1. The van der Waals surface area contributed by atoms with Gasteiger partial charge in [-0.15, -0.1) is 0 Å². The molecule has 1 aliphatic heterocycles. The second-order valence-corrected chi connectivity index (χ2v) is 8.37. The molecule has 0 aromatic heterocycles. The summed E-state index contributed by atoms with van der Waals surface area (Å²) in [4.78, 5) is 27.9. The first-order chi connectivity index (χ1) is 15.1. The van der Waals surface area contributed by atoms with Crippen molar-refractivity contribution in [3.8, 4) is 0 Å². The summed E-state index contributed by atoms with van der Waals surface area (Å²) in [5.74, 6) is -0.417. The number of esters is 1. The molecule has 4 nitrogen and oxygen atoms in total. The summed E-state index contributed by atoms with van der Waals surface area (Å²) in [5, 5.41) is -0.182. The Bertz CT molecular complexity index is 1120. The van der Waals surface area contributed by atoms with E-state index in [4.69, 9.17) is 4.74 Å². The minimum absolute atomic E-state index is 0.0516. The lowest BCUT2D eigenvalue weighted by Gasteiger charge is -2.24. The molecule has 4 rings (SSSR count). The molecule has 0 bridgehead atoms. The molecular formula is C26H23NO3S. The highest BCUT2D eigenvalue weighted by Crippen LogP contribution is 2.48. The molecular weight excluding hydrogens is 406 g/mol. The minimum atomic E-state index is -0.365. The van der Waals surface area contributed by atoms with E-state index in [2.05, 4.69) is 6.07 Å². The van der Waals surface area contributed by atoms with Crippen LogP contribution in [0.25, 0.3) is 6.08 Å². The van der Waals surface area contributed by atoms with Gasteiger partial charge in [-0.2, -0.15) is 0 Å². The Balaban J connectivity index is 1.71. The Labute approximate surface area is 186 Å². The molecule has 156 valence electrons. The first-order valence-electron chi connectivity index (χ1n) is 10.2. The van der Waals surface area contributed by atoms with Gasteiger partial charge in [0.25, 0.3) is 5.91 Å². The van der Waals surface area contributed by atoms with E-state index < -0.39 is 0 Å². The molecule has 1 unspecified atom stereocenters. The number of carbonyl (C=O) groups is 2. The molecule has 1 saturated heterocycles. The van der Waals surface area contributed by atoms with Gasteiger partial charge in [-0.25, -0.2) is 4.79 Å². The highest BCUT2D eigenvalue weighted by Gasteiger charge is 2.38. The number of amides is 1. The lowest BCUT2D eigenvalue weighted by atomic mass is 10.1. The molecule has 0 aliphatic carbocycles. The van der Waals surface area contributed by atoms with Crippen LogP contribution in [-0.4, -0.2) is 18.5 Å². The predicted octanol–water partition coefficient (Wildman–Crippen LogP) is 5.99. The van der Waals surface area contributed by atoms with Gasteiger partial charge in [-0.05, 0) is 55.3 Å². The van der Waals surface area contributed by atoms with Crippen LogP contribution in [0.4, 0.5) is 5.69 Å². The summed E-state index contributed by atoms with van der Waals surface area (Å²) in [5.41, 5.74) is 4.41. The normalized spacial score (nSPS) is 17.2. The molecule has 5 heteroatoms. The van der Waals surface area contributed by atoms with Crippen molar-refractivity contribution < 1.29 is 14.3 Å². The Hall–Kier alpha value is -3.31. The SMILES string of the molecule is CCOC(=O)c1ccc(N2C(=O)/C(=C\c3cccc(C)c3)SC2c2ccccc2)cc1. The first kappa shape index (κ1) is 20.9. The zero-order chi connectivity index (χ0) is 21.8. The van der Waals surface area contributed by atoms with Crippen molar-refractivity contribution in [1.82, 2.24) is 0 Å². The van der Waals surface area contributed by atoms with Crippen LogP contribution in [0.1, 0.15) is 39.3 Å². The lowest BCUT2D eigenvalue weighted by Crippen LogP contribution is -2.27. The van der Waals surface area contributed by atoms with Crippen LogP contribution in [0.2, 0.25) is 0 Å². The van der Waals surface area contributed by atoms with Gasteiger partial charge >= 0.3 is 5.97 Å². The average Bonchev–Trinajstić information content (AvgIpc) is 3.10. The van der Waals surface area contributed by atoms with Gasteiger partial charge in [-0.3, -0.25) is 9.69 Å². The third-order valence-corrected chi connectivity index (χ3v) is 6.24. The van der Waals surface area contributed by atoms with Crippen molar-refractivity contribution >= 4 is 35.4 Å². The molecule has 1 fully saturated rings. The van der Waals surface area contributed by atoms with Gasteiger partial charge in [0.1, 0.15) is 5.37 Å². The number of rotatable bonds is 5. The Kier molecular flexibility index (Phi) is 6.23. The highest BCUT2D eigenvalue weighted by atomic mass is 32.2. The molecule has 0 N–H and O–H groups in total. The number of ether oxygens (including phenoxy) is 1. The third-order valence-electron chi connectivity index (χ3n) is 4.98. The van der Waals surface area contributed by atoms with Gasteiger partial charge in [-0.1, -0.05) is 71.9 Å². The summed E-state index contributed by atoms with van der Waals surface area (Å²) < 4.78 is 5.07. The average molecular weight is 430 g/mol. The van der Waals surface area contributed by atoms with E-state index in [1.807, 2.05) is 61.5 Å². The van der Waals surface area contributed by atoms with Crippen molar-refractivity contribution in [3.63, 3.8) is 0 Å². The minimum Gasteiger partial charge on any atom is -0.462 e. The summed E-state index contributed by atoms with van der Waals surface area (Å²) in [6, 6.07) is 25.1. The Morgan fingerprint density at radius 2 is 1.77 bits per heavy atom. The lowest BCUT2D eigenvalue weighted by molar-refractivity contribution is -0.114. The molecule has 3 aromatic rings. The largest absolute Gasteiger partial charge is 0.462 e. The molecule has 1 atom stereocenters. The number of benzene rings is 3. The number of hydrogen-bond donors (Lipinski definition) is 0. The van der Waals surface area contributed by atoms with Gasteiger partial charge < -0.3 is 4.74 Å². The van der Waals surface area contributed by atoms with Gasteiger partial charge in [0.15, 0.2) is 0 Å². The van der Waals surface area contributed by atoms with Crippen LogP contribution in [0, 0.1) is 6.92 Å². The molecule has 0 saturated carbocycles. The Morgan fingerprint density at radius 1 is 1.03 bits per heavy atom. The Morgan fingerprint density at radius 3 is 2.45 bits per heavy atom. The van der Waals surface area contributed by atoms with E-state index in [0.717, 1.165) is 22.4 Å². The topological polar surface area (TPSA) is 46.6 Å². The van der Waals surface area contributed by atoms with E-state index in [1.165, 1.54) is 11.8 Å². The van der Waals surface area contributed by atoms with E-state index in [-0.39, 0.29) is 17.3 Å². The van der Waals surface area contributed by atoms with E-state index >= 15 is 0 Å². The number of carbonyl (C=O) groups excluding carboxylic acids is 2. The second-order valence-electron chi connectivity index (χ2n) is 7.25. The fourth-order valence-corrected chi connectivity index (χ4v) is 4.78. The summed E-state index contributed by atoms with van der Waals surface area (Å²) in [6.45, 7) is 4.14. The highest BCUT2D eigenvalue weighted by molar-refractivity contribution is 8.05. The maximum atomic E-state index is 13.4. The first-order valence-corrected chi connectivity index (χ1v) is 11.1. The standard InChI is InChI=1S/C26H23NO3S/c1-3-30-26(29)21-12-14-22(15-13-21)27-24(28)23(17-19-9-7-8-18(2)16-19)31-25(27)20-10-5-4-6-11-20/h4-17,25H,3H2,1-2H3/b23-17+. The van der Waals surface area contributed by atoms with Crippen LogP contribution in [-0.2, 0) is 9.53 Å². The van der Waals surface area contributed by atoms with Gasteiger partial charge in [0, 0.05) is 5.69 Å². The van der Waals surface area contributed by atoms with Crippen LogP contribution >= 0.6 is 11.8 Å². The van der Waals surface area contributed by atoms with E-state index in [1.54, 1.807) is 36.1 Å². The smallest absolute Gasteiger partial charge is 0.338 e. The third kappa shape index (κ3) is 4.57. The molecule has 0 spiro atoms. The summed E-state index contributed by atoms with van der Waals surface area (Å²) in [6.07, 6.45) is 1.95. The van der Waals surface area contributed by atoms with Crippen LogP contribution in [0.15, 0.2) is 83.8 Å². The molecule has 31 heavy (non-hydrogen) atoms. The summed E-state index contributed by atoms with van der Waals surface area (Å²) >= 11 is 1.54. The van der Waals surface area contributed by atoms with Crippen molar-refractivity contribution in [2.45, 2.75) is 19.2 Å². The molecule has 3 aromatic carbocycles. The van der Waals surface area contributed by atoms with E-state index in [0.29, 0.717) is 17.1 Å². The van der Waals surface area contributed by atoms with Gasteiger partial charge in [0.05, 0.1) is 17.1 Å². The van der Waals surface area contributed by atoms with Crippen LogP contribution in [0.5, 0.6) is 0 Å². The van der Waals surface area contributed by atoms with Crippen LogP contribution < -0.4 is 4.90 Å². The van der Waals surface area contributed by atoms with Crippen molar-refractivity contribution in [2.75, 3.05) is 11.5 Å². The zero-order valence-electron chi connectivity index (χ0n) is 17.4. The molecule has 1 heterocycles. The zero-order valence-corrected chi connectivity index (χ0v) is 18.3. The number of nitrogens with zero attached hydrogens (tertiary/aromatic N) is 1. The fourth-order valence-electron chi connectivity index (χ4n) is 3.52. The van der Waals surface area contributed by atoms with Gasteiger partial charge in [0.2, 0.25) is 0 Å². The monoisotopic (exact) mass is 429 g/mol. The molecule has 1 aliphatic rings. The van der Waals surface area contributed by atoms with E-state index in [9.17, 15) is 9.59 Å². The number of hydrogen-bond acceptors (Lipinski definition) is 4. The van der Waals surface area contributed by atoms with Crippen molar-refractivity contribution in [3.05, 3.63) is 106 Å². The predicted molar refractivity (Wildman–Crippen MR) is 126 cm³/mol. The number of anilines is 1. The maximum Gasteiger partial charge on any atom is 0.338 e. The maximum absolute atomic E-state index is 13.4. The van der Waals surface area contributed by atoms with Crippen molar-refractivity contribution in [2.24, 2.45) is 0 Å². The van der Waals surface area contributed by atoms with Crippen molar-refractivity contribution in [1.29, 1.82) is 0 Å². The van der Waals surface area contributed by atoms with Crippen LogP contribution in [0.3, 0.4) is 0 Å². The second kappa shape index (κ2) is 9.23. The quantitative estimate of drug-likeness (QED) is 0.369. The summed E-state index contributed by atoms with van der Waals surface area (Å²) in [7, 11) is 0.